The van der Waals surface area contributed by atoms with Crippen molar-refractivity contribution in [3.8, 4) is 11.5 Å². The van der Waals surface area contributed by atoms with Gasteiger partial charge in [0.25, 0.3) is 0 Å². The Balaban J connectivity index is 1.25. The Morgan fingerprint density at radius 1 is 0.744 bits per heavy atom. The van der Waals surface area contributed by atoms with E-state index < -0.39 is 0 Å². The normalized spacial score (nSPS) is 11.8. The molecule has 0 aliphatic heterocycles. The van der Waals surface area contributed by atoms with Gasteiger partial charge in [-0.05, 0) is 59.5 Å². The first-order valence-corrected chi connectivity index (χ1v) is 13.1. The van der Waals surface area contributed by atoms with Crippen LogP contribution in [0, 0.1) is 0 Å². The maximum atomic E-state index is 12.2. The van der Waals surface area contributed by atoms with Crippen molar-refractivity contribution in [2.24, 2.45) is 0 Å². The molecule has 5 aromatic rings. The molecule has 0 aliphatic carbocycles. The molecule has 5 rings (SSSR count). The van der Waals surface area contributed by atoms with Gasteiger partial charge in [0.1, 0.15) is 24.7 Å². The predicted octanol–water partition coefficient (Wildman–Crippen LogP) is 5.55. The van der Waals surface area contributed by atoms with E-state index in [0.29, 0.717) is 31.0 Å². The fourth-order valence-corrected chi connectivity index (χ4v) is 4.60. The molecular weight excluding hydrogens is 488 g/mol. The monoisotopic (exact) mass is 520 g/mol. The molecule has 3 N–H and O–H groups in total. The number of nitrogens with one attached hydrogen (secondary N) is 2. The Kier molecular flexibility index (Phi) is 8.68. The predicted molar refractivity (Wildman–Crippen MR) is 154 cm³/mol. The summed E-state index contributed by atoms with van der Waals surface area (Å²) in [6, 6.07) is 34.9. The number of hydrogen-bond donors (Lipinski definition) is 3. The molecular formula is C33H32N2O4. The van der Waals surface area contributed by atoms with E-state index in [4.69, 9.17) is 9.47 Å². The van der Waals surface area contributed by atoms with E-state index in [1.165, 1.54) is 6.07 Å². The van der Waals surface area contributed by atoms with E-state index in [2.05, 4.69) is 22.4 Å². The van der Waals surface area contributed by atoms with Crippen LogP contribution in [0.25, 0.3) is 10.9 Å². The fourth-order valence-electron chi connectivity index (χ4n) is 4.60. The summed E-state index contributed by atoms with van der Waals surface area (Å²) in [7, 11) is 0. The molecule has 4 aromatic carbocycles. The van der Waals surface area contributed by atoms with E-state index in [0.717, 1.165) is 39.8 Å². The van der Waals surface area contributed by atoms with E-state index in [-0.39, 0.29) is 18.2 Å². The van der Waals surface area contributed by atoms with Crippen LogP contribution in [-0.2, 0) is 19.6 Å². The number of aliphatic hydroxyl groups is 1. The number of aromatic amines is 1. The number of aromatic nitrogens is 1. The first-order chi connectivity index (χ1) is 19.2. The highest BCUT2D eigenvalue weighted by Gasteiger charge is 2.16. The van der Waals surface area contributed by atoms with Crippen LogP contribution < -0.4 is 20.3 Å². The Morgan fingerprint density at radius 2 is 1.44 bits per heavy atom. The number of ether oxygens (including phenoxy) is 2. The van der Waals surface area contributed by atoms with Crippen LogP contribution in [-0.4, -0.2) is 23.2 Å². The summed E-state index contributed by atoms with van der Waals surface area (Å²) in [5.41, 5.74) is 4.63. The average molecular weight is 521 g/mol. The van der Waals surface area contributed by atoms with Crippen LogP contribution in [0.15, 0.2) is 114 Å². The van der Waals surface area contributed by atoms with Crippen molar-refractivity contribution in [1.29, 1.82) is 0 Å². The largest absolute Gasteiger partial charge is 0.489 e. The highest BCUT2D eigenvalue weighted by atomic mass is 16.5. The first kappa shape index (κ1) is 26.2. The third-order valence-corrected chi connectivity index (χ3v) is 6.64. The van der Waals surface area contributed by atoms with Crippen molar-refractivity contribution in [3.63, 3.8) is 0 Å². The van der Waals surface area contributed by atoms with Gasteiger partial charge in [-0.25, -0.2) is 0 Å². The molecule has 198 valence electrons. The average Bonchev–Trinajstić information content (AvgIpc) is 2.98. The van der Waals surface area contributed by atoms with E-state index in [9.17, 15) is 9.90 Å². The van der Waals surface area contributed by atoms with Crippen LogP contribution >= 0.6 is 0 Å². The lowest BCUT2D eigenvalue weighted by atomic mass is 10.0. The summed E-state index contributed by atoms with van der Waals surface area (Å²) in [5.74, 6) is 1.43. The van der Waals surface area contributed by atoms with Gasteiger partial charge in [-0.1, -0.05) is 78.9 Å². The first-order valence-electron chi connectivity index (χ1n) is 13.1. The van der Waals surface area contributed by atoms with Crippen molar-refractivity contribution in [3.05, 3.63) is 142 Å². The van der Waals surface area contributed by atoms with E-state index in [1.54, 1.807) is 6.07 Å². The molecule has 1 heterocycles. The number of benzene rings is 4. The highest BCUT2D eigenvalue weighted by Crippen LogP contribution is 2.30. The molecule has 0 bridgehead atoms. The third-order valence-electron chi connectivity index (χ3n) is 6.64. The lowest BCUT2D eigenvalue weighted by Crippen LogP contribution is -2.27. The third kappa shape index (κ3) is 6.93. The summed E-state index contributed by atoms with van der Waals surface area (Å²) < 4.78 is 12.0. The number of rotatable bonds is 12. The summed E-state index contributed by atoms with van der Waals surface area (Å²) in [4.78, 5) is 15.1. The summed E-state index contributed by atoms with van der Waals surface area (Å²) in [6.45, 7) is 1.49. The number of fused-ring (bicyclic) bond motifs is 1. The number of aliphatic hydroxyl groups excluding tert-OH is 1. The van der Waals surface area contributed by atoms with Crippen molar-refractivity contribution in [1.82, 2.24) is 10.3 Å². The molecule has 0 fully saturated rings. The molecule has 39 heavy (non-hydrogen) atoms. The van der Waals surface area contributed by atoms with Crippen LogP contribution in [0.5, 0.6) is 11.5 Å². The molecule has 1 aromatic heterocycles. The zero-order valence-electron chi connectivity index (χ0n) is 21.7. The lowest BCUT2D eigenvalue weighted by Gasteiger charge is -2.20. The minimum Gasteiger partial charge on any atom is -0.489 e. The van der Waals surface area contributed by atoms with Gasteiger partial charge in [0.05, 0.1) is 18.2 Å². The Labute approximate surface area is 227 Å². The van der Waals surface area contributed by atoms with Gasteiger partial charge in [0, 0.05) is 11.5 Å². The molecule has 0 amide bonds. The Morgan fingerprint density at radius 3 is 2.15 bits per heavy atom. The zero-order chi connectivity index (χ0) is 26.9. The second-order valence-corrected chi connectivity index (χ2v) is 9.40. The second-order valence-electron chi connectivity index (χ2n) is 9.40. The number of pyridine rings is 1. The minimum atomic E-state index is -0.306. The second kappa shape index (κ2) is 12.9. The molecule has 0 spiro atoms. The molecule has 6 heteroatoms. The lowest BCUT2D eigenvalue weighted by molar-refractivity contribution is 0.245. The smallest absolute Gasteiger partial charge is 0.248 e. The van der Waals surface area contributed by atoms with Crippen LogP contribution in [0.4, 0.5) is 0 Å². The molecule has 0 saturated carbocycles. The van der Waals surface area contributed by atoms with Crippen molar-refractivity contribution in [2.75, 3.05) is 13.2 Å². The van der Waals surface area contributed by atoms with Gasteiger partial charge in [-0.15, -0.1) is 0 Å². The van der Waals surface area contributed by atoms with E-state index in [1.807, 2.05) is 84.9 Å². The van der Waals surface area contributed by atoms with Crippen LogP contribution in [0.1, 0.15) is 28.3 Å². The standard InChI is InChI=1S/C33H32N2O4/c36-21-30(34-19-18-24-12-7-13-27(20-24)38-22-25-8-3-1-4-9-25)28-14-16-31(33-29(28)15-17-32(37)35-33)39-23-26-10-5-2-6-11-26/h1-17,20,30,34,36H,18-19,21-23H2,(H,35,37). The molecule has 0 radical (unpaired) electrons. The molecule has 1 atom stereocenters. The molecule has 1 unspecified atom stereocenters. The van der Waals surface area contributed by atoms with Crippen LogP contribution in [0.2, 0.25) is 0 Å². The zero-order valence-corrected chi connectivity index (χ0v) is 21.7. The van der Waals surface area contributed by atoms with Gasteiger partial charge >= 0.3 is 0 Å². The molecule has 0 aliphatic rings. The topological polar surface area (TPSA) is 83.6 Å². The Hall–Kier alpha value is -4.39. The maximum Gasteiger partial charge on any atom is 0.248 e. The fraction of sp³-hybridized carbons (Fsp3) is 0.182. The minimum absolute atomic E-state index is 0.0847. The molecule has 6 nitrogen and oxygen atoms in total. The van der Waals surface area contributed by atoms with Gasteiger partial charge in [-0.2, -0.15) is 0 Å². The van der Waals surface area contributed by atoms with E-state index >= 15 is 0 Å². The van der Waals surface area contributed by atoms with Crippen molar-refractivity contribution in [2.45, 2.75) is 25.7 Å². The van der Waals surface area contributed by atoms with Crippen molar-refractivity contribution < 1.29 is 14.6 Å². The molecule has 0 saturated heterocycles. The maximum absolute atomic E-state index is 12.2. The SMILES string of the molecule is O=c1ccc2c(C(CO)NCCc3cccc(OCc4ccccc4)c3)ccc(OCc3ccccc3)c2[nH]1. The summed E-state index contributed by atoms with van der Waals surface area (Å²) >= 11 is 0. The van der Waals surface area contributed by atoms with Gasteiger partial charge in [0.2, 0.25) is 5.56 Å². The Bertz CT molecular complexity index is 1550. The number of hydrogen-bond acceptors (Lipinski definition) is 5. The van der Waals surface area contributed by atoms with Crippen molar-refractivity contribution >= 4 is 10.9 Å². The van der Waals surface area contributed by atoms with Gasteiger partial charge in [0.15, 0.2) is 0 Å². The van der Waals surface area contributed by atoms with Gasteiger partial charge in [-0.3, -0.25) is 4.79 Å². The quantitative estimate of drug-likeness (QED) is 0.201. The highest BCUT2D eigenvalue weighted by molar-refractivity contribution is 5.87. The summed E-state index contributed by atoms with van der Waals surface area (Å²) in [5, 5.41) is 14.6. The number of H-pyrrole nitrogens is 1. The van der Waals surface area contributed by atoms with Crippen LogP contribution in [0.3, 0.4) is 0 Å². The summed E-state index contributed by atoms with van der Waals surface area (Å²) in [6.07, 6.45) is 0.770. The van der Waals surface area contributed by atoms with Gasteiger partial charge < -0.3 is 24.9 Å².